The van der Waals surface area contributed by atoms with Gasteiger partial charge in [0.25, 0.3) is 0 Å². The Hall–Kier alpha value is -2.24. The predicted octanol–water partition coefficient (Wildman–Crippen LogP) is 3.79. The van der Waals surface area contributed by atoms with Gasteiger partial charge in [-0.15, -0.1) is 0 Å². The molecule has 1 aromatic rings. The number of benzene rings is 1. The molecule has 1 aromatic carbocycles. The molecule has 2 N–H and O–H groups in total. The summed E-state index contributed by atoms with van der Waals surface area (Å²) >= 11 is 0. The Kier molecular flexibility index (Phi) is 5.97. The lowest BCUT2D eigenvalue weighted by Gasteiger charge is -2.56. The van der Waals surface area contributed by atoms with Gasteiger partial charge in [-0.25, -0.2) is 4.79 Å². The Morgan fingerprint density at radius 3 is 2.38 bits per heavy atom. The van der Waals surface area contributed by atoms with Crippen LogP contribution in [0.2, 0.25) is 0 Å². The van der Waals surface area contributed by atoms with Gasteiger partial charge < -0.3 is 20.1 Å². The number of nitrogens with one attached hydrogen (secondary N) is 2. The van der Waals surface area contributed by atoms with Crippen LogP contribution in [0.5, 0.6) is 5.75 Å². The molecule has 0 atom stereocenters. The van der Waals surface area contributed by atoms with E-state index in [4.69, 9.17) is 9.47 Å². The second kappa shape index (κ2) is 8.64. The van der Waals surface area contributed by atoms with Crippen LogP contribution in [0.15, 0.2) is 24.3 Å². The summed E-state index contributed by atoms with van der Waals surface area (Å²) in [6.07, 6.45) is 7.56. The van der Waals surface area contributed by atoms with E-state index in [2.05, 4.69) is 10.6 Å². The van der Waals surface area contributed by atoms with E-state index in [-0.39, 0.29) is 37.1 Å². The third-order valence-corrected chi connectivity index (χ3v) is 6.69. The highest BCUT2D eigenvalue weighted by atomic mass is 16.5. The SMILES string of the molecule is CCOc1ccccc1COC(=O)CCNC(=O)NC12CC3CC(CC(C3)C1)C2. The van der Waals surface area contributed by atoms with Crippen LogP contribution in [0.25, 0.3) is 0 Å². The van der Waals surface area contributed by atoms with Crippen molar-refractivity contribution < 1.29 is 19.1 Å². The Morgan fingerprint density at radius 2 is 1.72 bits per heavy atom. The molecule has 4 aliphatic carbocycles. The van der Waals surface area contributed by atoms with Crippen LogP contribution >= 0.6 is 0 Å². The van der Waals surface area contributed by atoms with Gasteiger partial charge in [-0.2, -0.15) is 0 Å². The summed E-state index contributed by atoms with van der Waals surface area (Å²) < 4.78 is 10.9. The molecular weight excluding hydrogens is 368 g/mol. The van der Waals surface area contributed by atoms with Crippen LogP contribution in [0, 0.1) is 17.8 Å². The quantitative estimate of drug-likeness (QED) is 0.651. The van der Waals surface area contributed by atoms with E-state index in [1.807, 2.05) is 31.2 Å². The summed E-state index contributed by atoms with van der Waals surface area (Å²) in [5.74, 6) is 2.77. The van der Waals surface area contributed by atoms with Crippen molar-refractivity contribution in [2.24, 2.45) is 17.8 Å². The van der Waals surface area contributed by atoms with Gasteiger partial charge in [-0.3, -0.25) is 4.79 Å². The number of hydrogen-bond acceptors (Lipinski definition) is 4. The van der Waals surface area contributed by atoms with Crippen molar-refractivity contribution in [3.05, 3.63) is 29.8 Å². The molecule has 0 radical (unpaired) electrons. The molecule has 158 valence electrons. The van der Waals surface area contributed by atoms with Gasteiger partial charge in [0.1, 0.15) is 12.4 Å². The lowest BCUT2D eigenvalue weighted by Crippen LogP contribution is -2.61. The van der Waals surface area contributed by atoms with Gasteiger partial charge in [-0.05, 0) is 69.3 Å². The molecule has 5 rings (SSSR count). The molecule has 0 spiro atoms. The van der Waals surface area contributed by atoms with Crippen molar-refractivity contribution in [3.8, 4) is 5.75 Å². The molecule has 2 amide bonds. The van der Waals surface area contributed by atoms with E-state index in [0.717, 1.165) is 48.3 Å². The van der Waals surface area contributed by atoms with Crippen LogP contribution in [-0.4, -0.2) is 30.7 Å². The highest BCUT2D eigenvalue weighted by Gasteiger charge is 2.51. The average molecular weight is 401 g/mol. The number of ether oxygens (including phenoxy) is 2. The first-order valence-electron chi connectivity index (χ1n) is 11.0. The first-order chi connectivity index (χ1) is 14.0. The zero-order valence-corrected chi connectivity index (χ0v) is 17.2. The number of amides is 2. The lowest BCUT2D eigenvalue weighted by atomic mass is 9.53. The molecule has 0 saturated heterocycles. The number of rotatable bonds is 8. The van der Waals surface area contributed by atoms with Crippen LogP contribution in [0.1, 0.15) is 57.4 Å². The third-order valence-electron chi connectivity index (χ3n) is 6.69. The summed E-state index contributed by atoms with van der Waals surface area (Å²) in [6, 6.07) is 7.38. The molecule has 6 nitrogen and oxygen atoms in total. The summed E-state index contributed by atoms with van der Waals surface area (Å²) in [4.78, 5) is 24.5. The van der Waals surface area contributed by atoms with Gasteiger partial charge in [-0.1, -0.05) is 18.2 Å². The molecule has 0 heterocycles. The van der Waals surface area contributed by atoms with Gasteiger partial charge in [0, 0.05) is 17.6 Å². The summed E-state index contributed by atoms with van der Waals surface area (Å²) in [7, 11) is 0. The molecule has 4 saturated carbocycles. The number of urea groups is 1. The largest absolute Gasteiger partial charge is 0.493 e. The van der Waals surface area contributed by atoms with Crippen molar-refractivity contribution in [3.63, 3.8) is 0 Å². The molecule has 29 heavy (non-hydrogen) atoms. The fourth-order valence-electron chi connectivity index (χ4n) is 5.98. The van der Waals surface area contributed by atoms with E-state index >= 15 is 0 Å². The summed E-state index contributed by atoms with van der Waals surface area (Å²) in [6.45, 7) is 2.94. The van der Waals surface area contributed by atoms with Gasteiger partial charge in [0.05, 0.1) is 13.0 Å². The van der Waals surface area contributed by atoms with Crippen LogP contribution in [0.4, 0.5) is 4.79 Å². The fourth-order valence-corrected chi connectivity index (χ4v) is 5.98. The van der Waals surface area contributed by atoms with Crippen molar-refractivity contribution >= 4 is 12.0 Å². The van der Waals surface area contributed by atoms with Crippen molar-refractivity contribution in [1.82, 2.24) is 10.6 Å². The minimum absolute atomic E-state index is 0.0116. The average Bonchev–Trinajstić information content (AvgIpc) is 2.66. The van der Waals surface area contributed by atoms with Crippen molar-refractivity contribution in [2.75, 3.05) is 13.2 Å². The van der Waals surface area contributed by atoms with E-state index in [1.165, 1.54) is 19.3 Å². The monoisotopic (exact) mass is 400 g/mol. The first kappa shape index (κ1) is 20.0. The third kappa shape index (κ3) is 4.85. The topological polar surface area (TPSA) is 76.7 Å². The maximum absolute atomic E-state index is 12.4. The van der Waals surface area contributed by atoms with Gasteiger partial charge >= 0.3 is 12.0 Å². The van der Waals surface area contributed by atoms with Gasteiger partial charge in [0.2, 0.25) is 0 Å². The molecule has 0 unspecified atom stereocenters. The Labute approximate surface area is 172 Å². The maximum atomic E-state index is 12.4. The second-order valence-electron chi connectivity index (χ2n) is 9.03. The van der Waals surface area contributed by atoms with Gasteiger partial charge in [0.15, 0.2) is 0 Å². The van der Waals surface area contributed by atoms with Crippen LogP contribution < -0.4 is 15.4 Å². The standard InChI is InChI=1S/C23H32N2O4/c1-2-28-20-6-4-3-5-19(20)15-29-21(26)7-8-24-22(27)25-23-12-16-9-17(13-23)11-18(10-16)14-23/h3-6,16-18H,2,7-15H2,1H3,(H2,24,25,27). The maximum Gasteiger partial charge on any atom is 0.315 e. The van der Waals surface area contributed by atoms with E-state index < -0.39 is 0 Å². The Morgan fingerprint density at radius 1 is 1.07 bits per heavy atom. The number of esters is 1. The highest BCUT2D eigenvalue weighted by molar-refractivity contribution is 5.76. The van der Waals surface area contributed by atoms with Crippen molar-refractivity contribution in [1.29, 1.82) is 0 Å². The van der Waals surface area contributed by atoms with Crippen LogP contribution in [-0.2, 0) is 16.1 Å². The Bertz CT molecular complexity index is 713. The lowest BCUT2D eigenvalue weighted by molar-refractivity contribution is -0.144. The molecule has 0 aliphatic heterocycles. The number of carbonyl (C=O) groups excluding carboxylic acids is 2. The summed E-state index contributed by atoms with van der Waals surface area (Å²) in [5.41, 5.74) is 0.831. The normalized spacial score (nSPS) is 29.3. The fraction of sp³-hybridized carbons (Fsp3) is 0.652. The number of para-hydroxylation sites is 1. The molecule has 0 aromatic heterocycles. The minimum atomic E-state index is -0.327. The molecule has 4 fully saturated rings. The zero-order chi connectivity index (χ0) is 20.3. The molecule has 4 aliphatic rings. The second-order valence-corrected chi connectivity index (χ2v) is 9.03. The van der Waals surface area contributed by atoms with E-state index in [1.54, 1.807) is 0 Å². The molecule has 4 bridgehead atoms. The first-order valence-corrected chi connectivity index (χ1v) is 11.0. The van der Waals surface area contributed by atoms with Crippen molar-refractivity contribution in [2.45, 2.75) is 64.0 Å². The van der Waals surface area contributed by atoms with E-state index in [0.29, 0.717) is 6.61 Å². The predicted molar refractivity (Wildman–Crippen MR) is 109 cm³/mol. The smallest absolute Gasteiger partial charge is 0.315 e. The number of carbonyl (C=O) groups is 2. The molecular formula is C23H32N2O4. The minimum Gasteiger partial charge on any atom is -0.493 e. The highest BCUT2D eigenvalue weighted by Crippen LogP contribution is 2.55. The zero-order valence-electron chi connectivity index (χ0n) is 17.2. The summed E-state index contributed by atoms with van der Waals surface area (Å²) in [5, 5.41) is 6.10. The Balaban J connectivity index is 1.18. The number of hydrogen-bond donors (Lipinski definition) is 2. The van der Waals surface area contributed by atoms with Crippen LogP contribution in [0.3, 0.4) is 0 Å². The molecule has 6 heteroatoms. The van der Waals surface area contributed by atoms with E-state index in [9.17, 15) is 9.59 Å².